The number of aromatic hydroxyl groups is 1. The Labute approximate surface area is 118 Å². The van der Waals surface area contributed by atoms with Crippen LogP contribution in [-0.2, 0) is 13.1 Å². The highest BCUT2D eigenvalue weighted by Gasteiger charge is 2.00. The summed E-state index contributed by atoms with van der Waals surface area (Å²) in [6.45, 7) is 1.46. The Morgan fingerprint density at radius 1 is 0.750 bits per heavy atom. The summed E-state index contributed by atoms with van der Waals surface area (Å²) in [6, 6.07) is 22.3. The Morgan fingerprint density at radius 3 is 2.35 bits per heavy atom. The quantitative estimate of drug-likeness (QED) is 0.749. The van der Waals surface area contributed by atoms with E-state index < -0.39 is 0 Å². The highest BCUT2D eigenvalue weighted by molar-refractivity contribution is 5.82. The van der Waals surface area contributed by atoms with Crippen LogP contribution in [-0.4, -0.2) is 5.11 Å². The molecule has 0 fully saturated rings. The van der Waals surface area contributed by atoms with E-state index in [9.17, 15) is 5.11 Å². The van der Waals surface area contributed by atoms with E-state index in [4.69, 9.17) is 0 Å². The smallest absolute Gasteiger partial charge is 0.120 e. The highest BCUT2D eigenvalue weighted by Crippen LogP contribution is 2.17. The maximum absolute atomic E-state index is 9.71. The van der Waals surface area contributed by atoms with Crippen LogP contribution in [0.15, 0.2) is 66.7 Å². The number of hydrogen-bond acceptors (Lipinski definition) is 2. The Hall–Kier alpha value is -2.32. The second-order valence-corrected chi connectivity index (χ2v) is 4.91. The van der Waals surface area contributed by atoms with Gasteiger partial charge in [0.2, 0.25) is 0 Å². The number of nitrogens with one attached hydrogen (secondary N) is 1. The minimum atomic E-state index is 0.346. The molecule has 0 bridgehead atoms. The van der Waals surface area contributed by atoms with E-state index in [1.54, 1.807) is 6.07 Å². The SMILES string of the molecule is Oc1ccccc1CNCc1ccc2ccccc2c1. The highest BCUT2D eigenvalue weighted by atomic mass is 16.3. The zero-order chi connectivity index (χ0) is 13.8. The molecule has 0 spiro atoms. The van der Waals surface area contributed by atoms with Gasteiger partial charge in [-0.1, -0.05) is 54.6 Å². The molecule has 3 aromatic rings. The van der Waals surface area contributed by atoms with Gasteiger partial charge in [-0.05, 0) is 28.5 Å². The maximum atomic E-state index is 9.71. The summed E-state index contributed by atoms with van der Waals surface area (Å²) in [5, 5.41) is 15.6. The van der Waals surface area contributed by atoms with Crippen LogP contribution in [0.5, 0.6) is 5.75 Å². The predicted octanol–water partition coefficient (Wildman–Crippen LogP) is 3.84. The van der Waals surface area contributed by atoms with Gasteiger partial charge in [0.05, 0.1) is 0 Å². The van der Waals surface area contributed by atoms with Gasteiger partial charge in [0.25, 0.3) is 0 Å². The lowest BCUT2D eigenvalue weighted by Gasteiger charge is -2.07. The molecule has 0 unspecified atom stereocenters. The fourth-order valence-corrected chi connectivity index (χ4v) is 2.35. The summed E-state index contributed by atoms with van der Waals surface area (Å²) in [5.74, 6) is 0.346. The van der Waals surface area contributed by atoms with Crippen LogP contribution < -0.4 is 5.32 Å². The maximum Gasteiger partial charge on any atom is 0.120 e. The summed E-state index contributed by atoms with van der Waals surface area (Å²) in [5.41, 5.74) is 2.17. The Balaban J connectivity index is 1.67. The second kappa shape index (κ2) is 5.76. The fraction of sp³-hybridized carbons (Fsp3) is 0.111. The topological polar surface area (TPSA) is 32.3 Å². The van der Waals surface area contributed by atoms with Gasteiger partial charge in [-0.2, -0.15) is 0 Å². The van der Waals surface area contributed by atoms with Gasteiger partial charge < -0.3 is 10.4 Å². The zero-order valence-corrected chi connectivity index (χ0v) is 11.2. The van der Waals surface area contributed by atoms with Crippen LogP contribution in [0.3, 0.4) is 0 Å². The predicted molar refractivity (Wildman–Crippen MR) is 82.6 cm³/mol. The van der Waals surface area contributed by atoms with E-state index in [0.717, 1.165) is 12.1 Å². The lowest BCUT2D eigenvalue weighted by Crippen LogP contribution is -2.12. The number of para-hydroxylation sites is 1. The Bertz CT molecular complexity index is 721. The Morgan fingerprint density at radius 2 is 1.50 bits per heavy atom. The third kappa shape index (κ3) is 2.81. The van der Waals surface area contributed by atoms with Crippen molar-refractivity contribution in [1.29, 1.82) is 0 Å². The molecule has 0 atom stereocenters. The molecule has 2 heteroatoms. The molecule has 100 valence electrons. The van der Waals surface area contributed by atoms with Gasteiger partial charge in [0, 0.05) is 18.7 Å². The van der Waals surface area contributed by atoms with Crippen molar-refractivity contribution in [2.24, 2.45) is 0 Å². The van der Waals surface area contributed by atoms with Crippen molar-refractivity contribution in [1.82, 2.24) is 5.32 Å². The normalized spacial score (nSPS) is 10.8. The minimum Gasteiger partial charge on any atom is -0.508 e. The summed E-state index contributed by atoms with van der Waals surface area (Å²) < 4.78 is 0. The largest absolute Gasteiger partial charge is 0.508 e. The molecular formula is C18H17NO. The lowest BCUT2D eigenvalue weighted by atomic mass is 10.1. The molecule has 2 nitrogen and oxygen atoms in total. The molecule has 0 saturated carbocycles. The molecule has 0 radical (unpaired) electrons. The van der Waals surface area contributed by atoms with Crippen LogP contribution in [0.4, 0.5) is 0 Å². The number of benzene rings is 3. The second-order valence-electron chi connectivity index (χ2n) is 4.91. The zero-order valence-electron chi connectivity index (χ0n) is 11.2. The first-order valence-electron chi connectivity index (χ1n) is 6.78. The fourth-order valence-electron chi connectivity index (χ4n) is 2.35. The minimum absolute atomic E-state index is 0.346. The first-order chi connectivity index (χ1) is 9.83. The average Bonchev–Trinajstić information content (AvgIpc) is 2.49. The van der Waals surface area contributed by atoms with Crippen molar-refractivity contribution in [3.63, 3.8) is 0 Å². The first-order valence-corrected chi connectivity index (χ1v) is 6.78. The third-order valence-electron chi connectivity index (χ3n) is 3.45. The van der Waals surface area contributed by atoms with Crippen LogP contribution in [0, 0.1) is 0 Å². The number of fused-ring (bicyclic) bond motifs is 1. The van der Waals surface area contributed by atoms with Gasteiger partial charge in [0.15, 0.2) is 0 Å². The van der Waals surface area contributed by atoms with Crippen LogP contribution in [0.25, 0.3) is 10.8 Å². The van der Waals surface area contributed by atoms with Crippen LogP contribution >= 0.6 is 0 Å². The van der Waals surface area contributed by atoms with Crippen molar-refractivity contribution >= 4 is 10.8 Å². The van der Waals surface area contributed by atoms with E-state index in [2.05, 4.69) is 47.8 Å². The van der Waals surface area contributed by atoms with Crippen LogP contribution in [0.1, 0.15) is 11.1 Å². The molecule has 0 aliphatic rings. The first kappa shape index (κ1) is 12.7. The Kier molecular flexibility index (Phi) is 3.66. The van der Waals surface area contributed by atoms with E-state index >= 15 is 0 Å². The molecule has 0 amide bonds. The summed E-state index contributed by atoms with van der Waals surface area (Å²) in [6.07, 6.45) is 0. The molecule has 0 aromatic heterocycles. The van der Waals surface area contributed by atoms with E-state index in [0.29, 0.717) is 12.3 Å². The molecule has 3 rings (SSSR count). The number of hydrogen-bond donors (Lipinski definition) is 2. The van der Waals surface area contributed by atoms with E-state index in [1.165, 1.54) is 16.3 Å². The number of rotatable bonds is 4. The summed E-state index contributed by atoms with van der Waals surface area (Å²) >= 11 is 0. The standard InChI is InChI=1S/C18H17NO/c20-18-8-4-3-7-17(18)13-19-12-14-9-10-15-5-1-2-6-16(15)11-14/h1-11,19-20H,12-13H2. The molecule has 0 heterocycles. The summed E-state index contributed by atoms with van der Waals surface area (Å²) in [7, 11) is 0. The number of phenols is 1. The van der Waals surface area contributed by atoms with Crippen molar-refractivity contribution in [2.45, 2.75) is 13.1 Å². The number of phenolic OH excluding ortho intramolecular Hbond substituents is 1. The molecule has 2 N–H and O–H groups in total. The third-order valence-corrected chi connectivity index (χ3v) is 3.45. The molecular weight excluding hydrogens is 246 g/mol. The van der Waals surface area contributed by atoms with E-state index in [-0.39, 0.29) is 0 Å². The lowest BCUT2D eigenvalue weighted by molar-refractivity contribution is 0.464. The van der Waals surface area contributed by atoms with Crippen LogP contribution in [0.2, 0.25) is 0 Å². The van der Waals surface area contributed by atoms with Crippen molar-refractivity contribution < 1.29 is 5.11 Å². The molecule has 0 aliphatic carbocycles. The monoisotopic (exact) mass is 263 g/mol. The molecule has 20 heavy (non-hydrogen) atoms. The van der Waals surface area contributed by atoms with Gasteiger partial charge >= 0.3 is 0 Å². The summed E-state index contributed by atoms with van der Waals surface area (Å²) in [4.78, 5) is 0. The van der Waals surface area contributed by atoms with Gasteiger partial charge in [-0.3, -0.25) is 0 Å². The van der Waals surface area contributed by atoms with E-state index in [1.807, 2.05) is 18.2 Å². The van der Waals surface area contributed by atoms with Gasteiger partial charge in [0.1, 0.15) is 5.75 Å². The van der Waals surface area contributed by atoms with Crippen molar-refractivity contribution in [2.75, 3.05) is 0 Å². The van der Waals surface area contributed by atoms with Crippen molar-refractivity contribution in [3.8, 4) is 5.75 Å². The van der Waals surface area contributed by atoms with Gasteiger partial charge in [-0.25, -0.2) is 0 Å². The van der Waals surface area contributed by atoms with Crippen molar-refractivity contribution in [3.05, 3.63) is 77.9 Å². The average molecular weight is 263 g/mol. The molecule has 0 aliphatic heterocycles. The molecule has 0 saturated heterocycles. The molecule has 3 aromatic carbocycles. The van der Waals surface area contributed by atoms with Gasteiger partial charge in [-0.15, -0.1) is 0 Å².